The van der Waals surface area contributed by atoms with E-state index >= 15 is 0 Å². The molecule has 15 heavy (non-hydrogen) atoms. The molecule has 0 saturated carbocycles. The molecule has 0 aliphatic rings. The average Bonchev–Trinajstić information content (AvgIpc) is 2.27. The highest BCUT2D eigenvalue weighted by atomic mass is 16.7. The topological polar surface area (TPSA) is 12.5 Å². The molecule has 1 rings (SSSR count). The number of aryl methyl sites for hydroxylation is 1. The fourth-order valence-corrected chi connectivity index (χ4v) is 1.27. The maximum absolute atomic E-state index is 5.69. The van der Waals surface area contributed by atoms with Crippen molar-refractivity contribution in [1.82, 2.24) is 0 Å². The Kier molecular flexibility index (Phi) is 4.37. The summed E-state index contributed by atoms with van der Waals surface area (Å²) in [6, 6.07) is 8.29. The van der Waals surface area contributed by atoms with Gasteiger partial charge in [-0.2, -0.15) is 0 Å². The molecule has 1 aromatic rings. The Labute approximate surface area is 92.1 Å². The van der Waals surface area contributed by atoms with Crippen molar-refractivity contribution in [1.29, 1.82) is 0 Å². The van der Waals surface area contributed by atoms with Crippen LogP contribution < -0.4 is 5.06 Å². The minimum absolute atomic E-state index is 0.0336. The van der Waals surface area contributed by atoms with E-state index < -0.39 is 0 Å². The van der Waals surface area contributed by atoms with Crippen molar-refractivity contribution in [3.63, 3.8) is 0 Å². The lowest BCUT2D eigenvalue weighted by molar-refractivity contribution is 0.0758. The van der Waals surface area contributed by atoms with Crippen molar-refractivity contribution in [3.8, 4) is 0 Å². The third kappa shape index (κ3) is 3.40. The number of benzene rings is 1. The molecule has 1 aromatic carbocycles. The van der Waals surface area contributed by atoms with E-state index in [0.717, 1.165) is 12.2 Å². The van der Waals surface area contributed by atoms with Crippen molar-refractivity contribution in [2.75, 3.05) is 11.6 Å². The van der Waals surface area contributed by atoms with E-state index in [0.29, 0.717) is 0 Å². The van der Waals surface area contributed by atoms with Crippen LogP contribution in [-0.2, 0) is 4.84 Å². The molecule has 0 fully saturated rings. The van der Waals surface area contributed by atoms with Crippen molar-refractivity contribution < 1.29 is 4.84 Å². The lowest BCUT2D eigenvalue weighted by atomic mass is 10.2. The van der Waals surface area contributed by atoms with Crippen LogP contribution in [0.4, 0.5) is 5.69 Å². The van der Waals surface area contributed by atoms with E-state index in [-0.39, 0.29) is 6.10 Å². The summed E-state index contributed by atoms with van der Waals surface area (Å²) >= 11 is 0. The van der Waals surface area contributed by atoms with Gasteiger partial charge in [0.1, 0.15) is 6.10 Å². The monoisotopic (exact) mass is 205 g/mol. The summed E-state index contributed by atoms with van der Waals surface area (Å²) in [6.07, 6.45) is 1.82. The van der Waals surface area contributed by atoms with Crippen LogP contribution in [0.2, 0.25) is 0 Å². The van der Waals surface area contributed by atoms with Crippen LogP contribution in [0.5, 0.6) is 0 Å². The normalized spacial score (nSPS) is 12.2. The van der Waals surface area contributed by atoms with E-state index in [2.05, 4.69) is 44.7 Å². The van der Waals surface area contributed by atoms with Gasteiger partial charge in [-0.05, 0) is 32.9 Å². The Morgan fingerprint density at radius 2 is 2.00 bits per heavy atom. The van der Waals surface area contributed by atoms with E-state index in [1.807, 2.05) is 12.0 Å². The van der Waals surface area contributed by atoms with Crippen molar-refractivity contribution in [3.05, 3.63) is 42.5 Å². The number of hydroxylamine groups is 1. The highest BCUT2D eigenvalue weighted by Gasteiger charge is 2.07. The van der Waals surface area contributed by atoms with Crippen LogP contribution in [0.25, 0.3) is 0 Å². The van der Waals surface area contributed by atoms with Gasteiger partial charge in [0.15, 0.2) is 0 Å². The van der Waals surface area contributed by atoms with Crippen LogP contribution in [0.3, 0.4) is 0 Å². The number of hydrogen-bond donors (Lipinski definition) is 0. The standard InChI is InChI=1S/C13H19NO/c1-5-12(4)15-14(6-2)13-9-7-11(3)8-10-13/h5,7-10,12H,1,6H2,2-4H3/t12-/m1/s1. The lowest BCUT2D eigenvalue weighted by Gasteiger charge is -2.24. The van der Waals surface area contributed by atoms with Gasteiger partial charge in [0.05, 0.1) is 5.69 Å². The van der Waals surface area contributed by atoms with Gasteiger partial charge in [-0.3, -0.25) is 9.90 Å². The quantitative estimate of drug-likeness (QED) is 0.540. The summed E-state index contributed by atoms with van der Waals surface area (Å²) in [7, 11) is 0. The van der Waals surface area contributed by atoms with Crippen LogP contribution in [0.1, 0.15) is 19.4 Å². The van der Waals surface area contributed by atoms with Crippen LogP contribution in [-0.4, -0.2) is 12.6 Å². The SMILES string of the molecule is C=C[C@@H](C)ON(CC)c1ccc(C)cc1. The summed E-state index contributed by atoms with van der Waals surface area (Å²) in [5, 5.41) is 1.88. The van der Waals surface area contributed by atoms with Crippen molar-refractivity contribution >= 4 is 5.69 Å². The molecule has 0 N–H and O–H groups in total. The lowest BCUT2D eigenvalue weighted by Crippen LogP contribution is -2.27. The molecule has 2 nitrogen and oxygen atoms in total. The molecule has 0 radical (unpaired) electrons. The van der Waals surface area contributed by atoms with Crippen molar-refractivity contribution in [2.24, 2.45) is 0 Å². The molecule has 0 aliphatic carbocycles. The van der Waals surface area contributed by atoms with Gasteiger partial charge in [-0.25, -0.2) is 0 Å². The van der Waals surface area contributed by atoms with Gasteiger partial charge in [-0.1, -0.05) is 23.8 Å². The molecule has 1 atom stereocenters. The highest BCUT2D eigenvalue weighted by Crippen LogP contribution is 2.16. The van der Waals surface area contributed by atoms with Gasteiger partial charge in [0.2, 0.25) is 0 Å². The third-order valence-electron chi connectivity index (χ3n) is 2.23. The predicted octanol–water partition coefficient (Wildman–Crippen LogP) is 3.33. The van der Waals surface area contributed by atoms with Gasteiger partial charge in [0.25, 0.3) is 0 Å². The van der Waals surface area contributed by atoms with E-state index in [4.69, 9.17) is 4.84 Å². The van der Waals surface area contributed by atoms with Gasteiger partial charge in [0, 0.05) is 6.54 Å². The van der Waals surface area contributed by atoms with Crippen LogP contribution in [0.15, 0.2) is 36.9 Å². The summed E-state index contributed by atoms with van der Waals surface area (Å²) in [5.41, 5.74) is 2.34. The van der Waals surface area contributed by atoms with Gasteiger partial charge >= 0.3 is 0 Å². The second-order valence-electron chi connectivity index (χ2n) is 3.58. The van der Waals surface area contributed by atoms with Crippen molar-refractivity contribution in [2.45, 2.75) is 26.9 Å². The number of rotatable bonds is 5. The zero-order chi connectivity index (χ0) is 11.3. The first-order valence-electron chi connectivity index (χ1n) is 5.31. The molecule has 0 unspecified atom stereocenters. The van der Waals surface area contributed by atoms with Gasteiger partial charge < -0.3 is 0 Å². The first-order chi connectivity index (χ1) is 7.17. The number of hydrogen-bond acceptors (Lipinski definition) is 2. The van der Waals surface area contributed by atoms with E-state index in [9.17, 15) is 0 Å². The second kappa shape index (κ2) is 5.56. The fourth-order valence-electron chi connectivity index (χ4n) is 1.27. The third-order valence-corrected chi connectivity index (χ3v) is 2.23. The molecule has 2 heteroatoms. The molecule has 0 spiro atoms. The molecule has 0 bridgehead atoms. The maximum atomic E-state index is 5.69. The molecule has 82 valence electrons. The zero-order valence-electron chi connectivity index (χ0n) is 9.73. The number of nitrogens with zero attached hydrogens (tertiary/aromatic N) is 1. The Morgan fingerprint density at radius 3 is 2.47 bits per heavy atom. The van der Waals surface area contributed by atoms with Crippen LogP contribution in [0, 0.1) is 6.92 Å². The molecular formula is C13H19NO. The molecule has 0 aromatic heterocycles. The van der Waals surface area contributed by atoms with E-state index in [1.54, 1.807) is 6.08 Å². The maximum Gasteiger partial charge on any atom is 0.101 e. The Morgan fingerprint density at radius 1 is 1.40 bits per heavy atom. The Bertz CT molecular complexity index is 305. The highest BCUT2D eigenvalue weighted by molar-refractivity contribution is 5.45. The fraction of sp³-hybridized carbons (Fsp3) is 0.385. The summed E-state index contributed by atoms with van der Waals surface area (Å²) in [6.45, 7) is 10.6. The molecular weight excluding hydrogens is 186 g/mol. The predicted molar refractivity (Wildman–Crippen MR) is 64.9 cm³/mol. The first-order valence-corrected chi connectivity index (χ1v) is 5.31. The Hall–Kier alpha value is -1.28. The Balaban J connectivity index is 2.73. The molecule has 0 heterocycles. The minimum atomic E-state index is 0.0336. The minimum Gasteiger partial charge on any atom is -0.266 e. The summed E-state index contributed by atoms with van der Waals surface area (Å²) < 4.78 is 0. The van der Waals surface area contributed by atoms with Gasteiger partial charge in [-0.15, -0.1) is 6.58 Å². The largest absolute Gasteiger partial charge is 0.266 e. The molecule has 0 amide bonds. The molecule has 0 saturated heterocycles. The number of anilines is 1. The zero-order valence-corrected chi connectivity index (χ0v) is 9.73. The second-order valence-corrected chi connectivity index (χ2v) is 3.58. The van der Waals surface area contributed by atoms with Crippen LogP contribution >= 0.6 is 0 Å². The smallest absolute Gasteiger partial charge is 0.101 e. The summed E-state index contributed by atoms with van der Waals surface area (Å²) in [5.74, 6) is 0. The summed E-state index contributed by atoms with van der Waals surface area (Å²) in [4.78, 5) is 5.69. The molecule has 0 aliphatic heterocycles. The van der Waals surface area contributed by atoms with E-state index in [1.165, 1.54) is 5.56 Å². The average molecular weight is 205 g/mol. The first kappa shape index (κ1) is 11.8.